The molecule has 2 aromatic heterocycles. The average molecular weight is 343 g/mol. The first-order chi connectivity index (χ1) is 12.2. The van der Waals surface area contributed by atoms with Gasteiger partial charge >= 0.3 is 0 Å². The maximum absolute atomic E-state index is 12.0. The van der Waals surface area contributed by atoms with E-state index < -0.39 is 0 Å². The number of hydrogen-bond acceptors (Lipinski definition) is 6. The highest BCUT2D eigenvalue weighted by molar-refractivity contribution is 5.78. The van der Waals surface area contributed by atoms with Crippen molar-refractivity contribution in [2.24, 2.45) is 0 Å². The molecular weight excluding hydrogens is 322 g/mol. The van der Waals surface area contributed by atoms with Crippen molar-refractivity contribution in [2.45, 2.75) is 50.3 Å². The number of aliphatic hydroxyl groups is 1. The Kier molecular flexibility index (Phi) is 4.35. The fourth-order valence-electron chi connectivity index (χ4n) is 3.25. The largest absolute Gasteiger partial charge is 0.482 e. The van der Waals surface area contributed by atoms with Gasteiger partial charge in [-0.05, 0) is 37.8 Å². The van der Waals surface area contributed by atoms with E-state index in [-0.39, 0.29) is 31.1 Å². The van der Waals surface area contributed by atoms with Crippen LogP contribution in [-0.4, -0.2) is 43.4 Å². The smallest absolute Gasteiger partial charge is 0.258 e. The summed E-state index contributed by atoms with van der Waals surface area (Å²) in [5.41, 5.74) is 0. The zero-order chi connectivity index (χ0) is 17.2. The molecular formula is C17H21N5O3. The van der Waals surface area contributed by atoms with Gasteiger partial charge in [0.25, 0.3) is 5.91 Å². The van der Waals surface area contributed by atoms with E-state index in [4.69, 9.17) is 4.74 Å². The van der Waals surface area contributed by atoms with E-state index >= 15 is 0 Å². The zero-order valence-corrected chi connectivity index (χ0v) is 13.8. The molecule has 2 fully saturated rings. The number of hydrogen-bond donors (Lipinski definition) is 2. The minimum Gasteiger partial charge on any atom is -0.482 e. The highest BCUT2D eigenvalue weighted by Gasteiger charge is 2.38. The zero-order valence-electron chi connectivity index (χ0n) is 13.8. The van der Waals surface area contributed by atoms with Crippen LogP contribution in [0, 0.1) is 0 Å². The van der Waals surface area contributed by atoms with E-state index in [2.05, 4.69) is 25.1 Å². The molecule has 0 bridgehead atoms. The molecule has 2 saturated carbocycles. The Morgan fingerprint density at radius 3 is 2.88 bits per heavy atom. The van der Waals surface area contributed by atoms with E-state index in [1.165, 1.54) is 0 Å². The van der Waals surface area contributed by atoms with Crippen LogP contribution in [0.15, 0.2) is 24.5 Å². The molecule has 8 heteroatoms. The summed E-state index contributed by atoms with van der Waals surface area (Å²) in [7, 11) is 0. The Bertz CT molecular complexity index is 738. The van der Waals surface area contributed by atoms with Crippen LogP contribution in [0.5, 0.6) is 5.75 Å². The molecule has 8 nitrogen and oxygen atoms in total. The maximum atomic E-state index is 12.0. The molecule has 0 atom stereocenters. The number of carbonyl (C=O) groups is 1. The van der Waals surface area contributed by atoms with Gasteiger partial charge in [-0.1, -0.05) is 0 Å². The number of carbonyl (C=O) groups excluding carboxylic acids is 1. The van der Waals surface area contributed by atoms with Crippen molar-refractivity contribution in [1.82, 2.24) is 25.1 Å². The summed E-state index contributed by atoms with van der Waals surface area (Å²) in [4.78, 5) is 15.9. The van der Waals surface area contributed by atoms with Gasteiger partial charge in [0.2, 0.25) is 0 Å². The van der Waals surface area contributed by atoms with Crippen molar-refractivity contribution in [1.29, 1.82) is 0 Å². The first-order valence-electron chi connectivity index (χ1n) is 8.61. The van der Waals surface area contributed by atoms with E-state index in [0.29, 0.717) is 17.6 Å². The Balaban J connectivity index is 1.26. The Labute approximate surface area is 145 Å². The van der Waals surface area contributed by atoms with Gasteiger partial charge in [-0.25, -0.2) is 0 Å². The highest BCUT2D eigenvalue weighted by atomic mass is 16.5. The predicted octanol–water partition coefficient (Wildman–Crippen LogP) is 0.941. The summed E-state index contributed by atoms with van der Waals surface area (Å²) in [6, 6.07) is 4.11. The van der Waals surface area contributed by atoms with Crippen molar-refractivity contribution in [3.05, 3.63) is 36.2 Å². The molecule has 132 valence electrons. The van der Waals surface area contributed by atoms with Crippen molar-refractivity contribution < 1.29 is 14.6 Å². The highest BCUT2D eigenvalue weighted by Crippen LogP contribution is 2.42. The summed E-state index contributed by atoms with van der Waals surface area (Å²) in [5.74, 6) is 2.33. The van der Waals surface area contributed by atoms with Crippen molar-refractivity contribution in [3.63, 3.8) is 0 Å². The number of aromatic nitrogens is 4. The number of amides is 1. The van der Waals surface area contributed by atoms with Crippen LogP contribution in [0.3, 0.4) is 0 Å². The molecule has 2 aromatic rings. The second kappa shape index (κ2) is 6.79. The lowest BCUT2D eigenvalue weighted by Crippen LogP contribution is -2.45. The summed E-state index contributed by atoms with van der Waals surface area (Å²) in [6.45, 7) is -0.0954. The quantitative estimate of drug-likeness (QED) is 0.776. The van der Waals surface area contributed by atoms with E-state index in [1.807, 2.05) is 0 Å². The predicted molar refractivity (Wildman–Crippen MR) is 87.9 cm³/mol. The van der Waals surface area contributed by atoms with E-state index in [9.17, 15) is 9.90 Å². The molecule has 2 aliphatic rings. The third-order valence-corrected chi connectivity index (χ3v) is 4.72. The number of aliphatic hydroxyl groups excluding tert-OH is 1. The fraction of sp³-hybridized carbons (Fsp3) is 0.529. The van der Waals surface area contributed by atoms with E-state index in [1.54, 1.807) is 24.5 Å². The second-order valence-electron chi connectivity index (χ2n) is 6.64. The van der Waals surface area contributed by atoms with Gasteiger partial charge in [0, 0.05) is 24.2 Å². The minimum absolute atomic E-state index is 0.0141. The summed E-state index contributed by atoms with van der Waals surface area (Å²) in [6.07, 6.45) is 7.16. The van der Waals surface area contributed by atoms with Gasteiger partial charge in [-0.2, -0.15) is 0 Å². The van der Waals surface area contributed by atoms with Crippen LogP contribution in [0.25, 0.3) is 0 Å². The maximum Gasteiger partial charge on any atom is 0.258 e. The minimum atomic E-state index is -0.132. The van der Waals surface area contributed by atoms with Gasteiger partial charge in [0.1, 0.15) is 18.2 Å². The van der Waals surface area contributed by atoms with Crippen LogP contribution in [-0.2, 0) is 11.4 Å². The Morgan fingerprint density at radius 1 is 1.36 bits per heavy atom. The third kappa shape index (κ3) is 3.48. The third-order valence-electron chi connectivity index (χ3n) is 4.72. The summed E-state index contributed by atoms with van der Waals surface area (Å²) < 4.78 is 7.49. The molecule has 0 saturated heterocycles. The van der Waals surface area contributed by atoms with Crippen LogP contribution >= 0.6 is 0 Å². The first kappa shape index (κ1) is 16.0. The van der Waals surface area contributed by atoms with Crippen molar-refractivity contribution >= 4 is 5.91 Å². The molecule has 2 N–H and O–H groups in total. The topological polar surface area (TPSA) is 102 Å². The number of ether oxygens (including phenoxy) is 1. The van der Waals surface area contributed by atoms with Gasteiger partial charge < -0.3 is 19.7 Å². The Morgan fingerprint density at radius 2 is 2.20 bits per heavy atom. The molecule has 4 rings (SSSR count). The molecule has 1 amide bonds. The number of pyridine rings is 1. The lowest BCUT2D eigenvalue weighted by atomic mass is 9.79. The average Bonchev–Trinajstić information content (AvgIpc) is 3.36. The molecule has 0 unspecified atom stereocenters. The van der Waals surface area contributed by atoms with Crippen molar-refractivity contribution in [3.8, 4) is 5.75 Å². The molecule has 0 spiro atoms. The molecule has 0 aromatic carbocycles. The van der Waals surface area contributed by atoms with Gasteiger partial charge in [0.05, 0.1) is 6.20 Å². The molecule has 2 aliphatic carbocycles. The number of nitrogens with one attached hydrogen (secondary N) is 1. The molecule has 25 heavy (non-hydrogen) atoms. The van der Waals surface area contributed by atoms with Crippen LogP contribution in [0.4, 0.5) is 0 Å². The van der Waals surface area contributed by atoms with Gasteiger partial charge in [-0.3, -0.25) is 9.78 Å². The number of rotatable bonds is 7. The van der Waals surface area contributed by atoms with E-state index in [0.717, 1.165) is 31.5 Å². The van der Waals surface area contributed by atoms with Gasteiger partial charge in [0.15, 0.2) is 12.4 Å². The lowest BCUT2D eigenvalue weighted by Gasteiger charge is -2.35. The van der Waals surface area contributed by atoms with Crippen molar-refractivity contribution in [2.75, 3.05) is 6.61 Å². The monoisotopic (exact) mass is 343 g/mol. The molecule has 0 radical (unpaired) electrons. The lowest BCUT2D eigenvalue weighted by molar-refractivity contribution is -0.124. The normalized spacial score (nSPS) is 22.3. The Hall–Kier alpha value is -2.48. The number of nitrogens with zero attached hydrogens (tertiary/aromatic N) is 4. The van der Waals surface area contributed by atoms with Gasteiger partial charge in [-0.15, -0.1) is 10.2 Å². The summed E-state index contributed by atoms with van der Waals surface area (Å²) >= 11 is 0. The first-order valence-corrected chi connectivity index (χ1v) is 8.61. The van der Waals surface area contributed by atoms with Crippen LogP contribution in [0.2, 0.25) is 0 Å². The standard InChI is InChI=1S/C17H21N5O3/c23-9-15-20-21-17(22(15)13-3-4-13)11-6-12(7-11)19-16(24)10-25-14-2-1-5-18-8-14/h1-2,5,8,11-13,23H,3-4,6-7,9-10H2,(H,19,24). The van der Waals surface area contributed by atoms with Crippen LogP contribution < -0.4 is 10.1 Å². The van der Waals surface area contributed by atoms with Crippen LogP contribution in [0.1, 0.15) is 49.3 Å². The SMILES string of the molecule is O=C(COc1cccnc1)NC1CC(c2nnc(CO)n2C2CC2)C1. The molecule has 2 heterocycles. The second-order valence-corrected chi connectivity index (χ2v) is 6.64. The molecule has 0 aliphatic heterocycles. The fourth-order valence-corrected chi connectivity index (χ4v) is 3.25. The summed E-state index contributed by atoms with van der Waals surface area (Å²) in [5, 5.41) is 20.8.